The van der Waals surface area contributed by atoms with E-state index in [0.29, 0.717) is 17.0 Å². The number of hydrazone groups is 1. The second-order valence-corrected chi connectivity index (χ2v) is 6.39. The fourth-order valence-corrected chi connectivity index (χ4v) is 3.21. The average Bonchev–Trinajstić information content (AvgIpc) is 3.24. The van der Waals surface area contributed by atoms with Crippen LogP contribution >= 0.6 is 0 Å². The molecule has 27 heavy (non-hydrogen) atoms. The summed E-state index contributed by atoms with van der Waals surface area (Å²) in [6.45, 7) is 6.68. The van der Waals surface area contributed by atoms with Crippen molar-refractivity contribution in [2.75, 3.05) is 0 Å². The maximum atomic E-state index is 12.5. The maximum Gasteiger partial charge on any atom is 0.271 e. The van der Waals surface area contributed by atoms with Crippen molar-refractivity contribution < 1.29 is 9.21 Å². The highest BCUT2D eigenvalue weighted by Gasteiger charge is 2.11. The van der Waals surface area contributed by atoms with Crippen molar-refractivity contribution in [2.24, 2.45) is 5.10 Å². The first-order valence-corrected chi connectivity index (χ1v) is 8.87. The molecular formula is C21H20N4O2. The number of furan rings is 1. The zero-order valence-electron chi connectivity index (χ0n) is 15.5. The first-order valence-electron chi connectivity index (χ1n) is 8.87. The Hall–Kier alpha value is -3.41. The van der Waals surface area contributed by atoms with Crippen LogP contribution in [0.2, 0.25) is 0 Å². The molecule has 0 atom stereocenters. The minimum Gasteiger partial charge on any atom is -0.455 e. The fourth-order valence-electron chi connectivity index (χ4n) is 3.21. The van der Waals surface area contributed by atoms with Crippen LogP contribution in [0.5, 0.6) is 0 Å². The van der Waals surface area contributed by atoms with Crippen molar-refractivity contribution in [3.05, 3.63) is 65.7 Å². The van der Waals surface area contributed by atoms with Gasteiger partial charge in [-0.3, -0.25) is 4.79 Å². The molecule has 0 spiro atoms. The van der Waals surface area contributed by atoms with Crippen molar-refractivity contribution in [3.63, 3.8) is 0 Å². The average molecular weight is 360 g/mol. The van der Waals surface area contributed by atoms with Gasteiger partial charge in [-0.2, -0.15) is 5.10 Å². The number of hydrogen-bond acceptors (Lipinski definition) is 4. The molecular weight excluding hydrogens is 340 g/mol. The van der Waals surface area contributed by atoms with Crippen LogP contribution in [0, 0.1) is 6.92 Å². The maximum absolute atomic E-state index is 12.5. The van der Waals surface area contributed by atoms with E-state index in [2.05, 4.69) is 27.0 Å². The number of aromatic nitrogens is 2. The highest BCUT2D eigenvalue weighted by molar-refractivity contribution is 6.02. The summed E-state index contributed by atoms with van der Waals surface area (Å²) in [6, 6.07) is 15.1. The van der Waals surface area contributed by atoms with Crippen LogP contribution in [0.4, 0.5) is 0 Å². The van der Waals surface area contributed by atoms with Gasteiger partial charge < -0.3 is 8.98 Å². The van der Waals surface area contributed by atoms with Crippen LogP contribution in [0.1, 0.15) is 35.8 Å². The Labute approximate surface area is 156 Å². The molecule has 1 N–H and O–H groups in total. The van der Waals surface area contributed by atoms with E-state index < -0.39 is 0 Å². The lowest BCUT2D eigenvalue weighted by molar-refractivity contribution is 0.0955. The third-order valence-corrected chi connectivity index (χ3v) is 4.62. The standard InChI is InChI=1S/C21H20N4O2/c1-4-25-14(3)22-17-11-16(9-10-18(17)25)21(26)24-23-13(2)20-12-15-7-5-6-8-19(15)27-20/h5-12H,4H2,1-3H3,(H,24,26). The van der Waals surface area contributed by atoms with E-state index in [0.717, 1.165) is 34.4 Å². The van der Waals surface area contributed by atoms with Gasteiger partial charge in [0.1, 0.15) is 17.1 Å². The van der Waals surface area contributed by atoms with Crippen molar-refractivity contribution in [3.8, 4) is 0 Å². The van der Waals surface area contributed by atoms with E-state index in [4.69, 9.17) is 4.42 Å². The number of carbonyl (C=O) groups excluding carboxylic acids is 1. The van der Waals surface area contributed by atoms with Crippen LogP contribution in [-0.4, -0.2) is 21.2 Å². The van der Waals surface area contributed by atoms with Crippen LogP contribution in [-0.2, 0) is 6.54 Å². The number of para-hydroxylation sites is 1. The molecule has 2 heterocycles. The monoisotopic (exact) mass is 360 g/mol. The van der Waals surface area contributed by atoms with Gasteiger partial charge in [-0.25, -0.2) is 10.4 Å². The van der Waals surface area contributed by atoms with Crippen LogP contribution in [0.25, 0.3) is 22.0 Å². The Bertz CT molecular complexity index is 1150. The molecule has 0 saturated heterocycles. The van der Waals surface area contributed by atoms with Crippen LogP contribution in [0.15, 0.2) is 58.0 Å². The quantitative estimate of drug-likeness (QED) is 0.436. The Morgan fingerprint density at radius 2 is 2.04 bits per heavy atom. The number of nitrogens with zero attached hydrogens (tertiary/aromatic N) is 3. The molecule has 0 aliphatic carbocycles. The smallest absolute Gasteiger partial charge is 0.271 e. The van der Waals surface area contributed by atoms with E-state index in [-0.39, 0.29) is 5.91 Å². The fraction of sp³-hybridized carbons (Fsp3) is 0.190. The van der Waals surface area contributed by atoms with Crippen LogP contribution in [0.3, 0.4) is 0 Å². The van der Waals surface area contributed by atoms with E-state index >= 15 is 0 Å². The number of carbonyl (C=O) groups is 1. The predicted octanol–water partition coefficient (Wildman–Crippen LogP) is 4.26. The molecule has 0 aliphatic rings. The highest BCUT2D eigenvalue weighted by Crippen LogP contribution is 2.20. The number of benzene rings is 2. The molecule has 1 amide bonds. The SMILES string of the molecule is CCn1c(C)nc2cc(C(=O)NN=C(C)c3cc4ccccc4o3)ccc21. The molecule has 0 unspecified atom stereocenters. The molecule has 0 radical (unpaired) electrons. The van der Waals surface area contributed by atoms with Gasteiger partial charge in [0.25, 0.3) is 5.91 Å². The number of aryl methyl sites for hydroxylation is 2. The van der Waals surface area contributed by atoms with Gasteiger partial charge in [-0.1, -0.05) is 18.2 Å². The summed E-state index contributed by atoms with van der Waals surface area (Å²) in [5.74, 6) is 1.28. The molecule has 6 nitrogen and oxygen atoms in total. The molecule has 2 aromatic carbocycles. The van der Waals surface area contributed by atoms with Gasteiger partial charge in [0, 0.05) is 17.5 Å². The van der Waals surface area contributed by atoms with Gasteiger partial charge in [0.2, 0.25) is 0 Å². The summed E-state index contributed by atoms with van der Waals surface area (Å²) < 4.78 is 7.87. The normalized spacial score (nSPS) is 12.0. The molecule has 0 fully saturated rings. The summed E-state index contributed by atoms with van der Waals surface area (Å²) in [5, 5.41) is 5.18. The first-order chi connectivity index (χ1) is 13.1. The summed E-state index contributed by atoms with van der Waals surface area (Å²) in [4.78, 5) is 17.0. The topological polar surface area (TPSA) is 72.4 Å². The van der Waals surface area contributed by atoms with Gasteiger partial charge in [0.05, 0.1) is 11.0 Å². The van der Waals surface area contributed by atoms with E-state index in [1.807, 2.05) is 43.3 Å². The Kier molecular flexibility index (Phi) is 4.24. The summed E-state index contributed by atoms with van der Waals surface area (Å²) >= 11 is 0. The summed E-state index contributed by atoms with van der Waals surface area (Å²) in [6.07, 6.45) is 0. The molecule has 4 rings (SSSR count). The molecule has 4 aromatic rings. The largest absolute Gasteiger partial charge is 0.455 e. The Balaban J connectivity index is 1.56. The number of nitrogens with one attached hydrogen (secondary N) is 1. The first kappa shape index (κ1) is 17.0. The predicted molar refractivity (Wildman–Crippen MR) is 106 cm³/mol. The van der Waals surface area contributed by atoms with E-state index in [9.17, 15) is 4.79 Å². The van der Waals surface area contributed by atoms with Gasteiger partial charge in [-0.15, -0.1) is 0 Å². The molecule has 0 bridgehead atoms. The second-order valence-electron chi connectivity index (χ2n) is 6.39. The van der Waals surface area contributed by atoms with Crippen molar-refractivity contribution in [2.45, 2.75) is 27.3 Å². The molecule has 6 heteroatoms. The lowest BCUT2D eigenvalue weighted by Gasteiger charge is -2.03. The van der Waals surface area contributed by atoms with Gasteiger partial charge in [-0.05, 0) is 51.1 Å². The molecule has 2 aromatic heterocycles. The summed E-state index contributed by atoms with van der Waals surface area (Å²) in [5.41, 5.74) is 6.34. The third-order valence-electron chi connectivity index (χ3n) is 4.62. The van der Waals surface area contributed by atoms with Crippen molar-refractivity contribution >= 4 is 33.6 Å². The third kappa shape index (κ3) is 3.10. The van der Waals surface area contributed by atoms with Crippen LogP contribution < -0.4 is 5.43 Å². The van der Waals surface area contributed by atoms with Crippen molar-refractivity contribution in [1.29, 1.82) is 0 Å². The second kappa shape index (κ2) is 6.72. The number of imidazole rings is 1. The zero-order valence-corrected chi connectivity index (χ0v) is 15.5. The highest BCUT2D eigenvalue weighted by atomic mass is 16.3. The Morgan fingerprint density at radius 3 is 2.81 bits per heavy atom. The van der Waals surface area contributed by atoms with Gasteiger partial charge >= 0.3 is 0 Å². The lowest BCUT2D eigenvalue weighted by Crippen LogP contribution is -2.19. The molecule has 136 valence electrons. The minimum atomic E-state index is -0.281. The number of rotatable bonds is 4. The molecule has 0 aliphatic heterocycles. The lowest BCUT2D eigenvalue weighted by atomic mass is 10.2. The molecule has 0 saturated carbocycles. The van der Waals surface area contributed by atoms with Gasteiger partial charge in [0.15, 0.2) is 5.76 Å². The minimum absolute atomic E-state index is 0.281. The van der Waals surface area contributed by atoms with E-state index in [1.54, 1.807) is 19.1 Å². The van der Waals surface area contributed by atoms with Crippen molar-refractivity contribution in [1.82, 2.24) is 15.0 Å². The zero-order chi connectivity index (χ0) is 19.0. The number of fused-ring (bicyclic) bond motifs is 2. The number of amides is 1. The number of hydrogen-bond donors (Lipinski definition) is 1. The summed E-state index contributed by atoms with van der Waals surface area (Å²) in [7, 11) is 0. The van der Waals surface area contributed by atoms with E-state index in [1.165, 1.54) is 0 Å². The Morgan fingerprint density at radius 1 is 1.22 bits per heavy atom.